The van der Waals surface area contributed by atoms with Crippen molar-refractivity contribution in [2.24, 2.45) is 0 Å². The van der Waals surface area contributed by atoms with Crippen molar-refractivity contribution >= 4 is 18.6 Å². The van der Waals surface area contributed by atoms with E-state index in [1.165, 1.54) is 14.2 Å². The molecule has 5 heteroatoms. The molecule has 1 aromatic carbocycles. The monoisotopic (exact) mass is 228 g/mol. The number of methoxy groups -OCH3 is 2. The Labute approximate surface area is 93.2 Å². The van der Waals surface area contributed by atoms with Gasteiger partial charge in [0.1, 0.15) is 5.25 Å². The van der Waals surface area contributed by atoms with Gasteiger partial charge in [-0.05, 0) is 6.07 Å². The summed E-state index contributed by atoms with van der Waals surface area (Å²) >= 11 is 3.99. The molecule has 0 aliphatic carbocycles. The first-order valence-corrected chi connectivity index (χ1v) is 4.75. The lowest BCUT2D eigenvalue weighted by Crippen LogP contribution is -2.07. The Hall–Kier alpha value is -1.36. The number of carboxylic acid groups (broad SMARTS) is 1. The van der Waals surface area contributed by atoms with Gasteiger partial charge in [0.15, 0.2) is 11.5 Å². The second-order valence-corrected chi connectivity index (χ2v) is 3.34. The van der Waals surface area contributed by atoms with Crippen LogP contribution in [0.4, 0.5) is 0 Å². The molecule has 0 aromatic heterocycles. The van der Waals surface area contributed by atoms with Crippen LogP contribution in [0.5, 0.6) is 11.5 Å². The zero-order valence-electron chi connectivity index (χ0n) is 8.43. The number of ether oxygens (including phenoxy) is 2. The van der Waals surface area contributed by atoms with Crippen molar-refractivity contribution in [2.75, 3.05) is 14.2 Å². The fourth-order valence-corrected chi connectivity index (χ4v) is 1.46. The summed E-state index contributed by atoms with van der Waals surface area (Å²) in [5.41, 5.74) is 0.479. The molecule has 82 valence electrons. The number of para-hydroxylation sites is 1. The average Bonchev–Trinajstić information content (AvgIpc) is 2.26. The first-order chi connectivity index (χ1) is 7.11. The van der Waals surface area contributed by atoms with Gasteiger partial charge in [-0.25, -0.2) is 0 Å². The summed E-state index contributed by atoms with van der Waals surface area (Å²) in [6.45, 7) is 0. The molecule has 0 spiro atoms. The van der Waals surface area contributed by atoms with Gasteiger partial charge >= 0.3 is 5.97 Å². The highest BCUT2D eigenvalue weighted by Crippen LogP contribution is 2.36. The summed E-state index contributed by atoms with van der Waals surface area (Å²) in [6, 6.07) is 5.04. The minimum Gasteiger partial charge on any atom is -0.493 e. The van der Waals surface area contributed by atoms with Gasteiger partial charge in [0.2, 0.25) is 0 Å². The summed E-state index contributed by atoms with van der Waals surface area (Å²) in [4.78, 5) is 10.8. The molecule has 15 heavy (non-hydrogen) atoms. The highest BCUT2D eigenvalue weighted by Gasteiger charge is 2.21. The van der Waals surface area contributed by atoms with Crippen molar-refractivity contribution in [1.29, 1.82) is 0 Å². The topological polar surface area (TPSA) is 55.8 Å². The Morgan fingerprint density at radius 3 is 2.53 bits per heavy atom. The second-order valence-electron chi connectivity index (χ2n) is 2.82. The zero-order chi connectivity index (χ0) is 11.4. The van der Waals surface area contributed by atoms with E-state index in [4.69, 9.17) is 14.6 Å². The van der Waals surface area contributed by atoms with Crippen LogP contribution in [0.3, 0.4) is 0 Å². The zero-order valence-corrected chi connectivity index (χ0v) is 9.32. The lowest BCUT2D eigenvalue weighted by Gasteiger charge is -2.14. The van der Waals surface area contributed by atoms with Crippen LogP contribution in [0, 0.1) is 0 Å². The third-order valence-electron chi connectivity index (χ3n) is 1.96. The van der Waals surface area contributed by atoms with E-state index < -0.39 is 11.2 Å². The Morgan fingerprint density at radius 2 is 2.07 bits per heavy atom. The van der Waals surface area contributed by atoms with Crippen LogP contribution >= 0.6 is 12.6 Å². The molecular formula is C10H12O4S. The van der Waals surface area contributed by atoms with Crippen molar-refractivity contribution in [1.82, 2.24) is 0 Å². The van der Waals surface area contributed by atoms with Crippen molar-refractivity contribution in [3.8, 4) is 11.5 Å². The van der Waals surface area contributed by atoms with E-state index in [9.17, 15) is 4.79 Å². The fourth-order valence-electron chi connectivity index (χ4n) is 1.26. The molecule has 0 aliphatic rings. The largest absolute Gasteiger partial charge is 0.493 e. The van der Waals surface area contributed by atoms with E-state index >= 15 is 0 Å². The minimum absolute atomic E-state index is 0.405. The van der Waals surface area contributed by atoms with Gasteiger partial charge in [0.25, 0.3) is 0 Å². The van der Waals surface area contributed by atoms with E-state index in [0.29, 0.717) is 17.1 Å². The van der Waals surface area contributed by atoms with Crippen LogP contribution in [0.1, 0.15) is 10.8 Å². The molecule has 0 bridgehead atoms. The van der Waals surface area contributed by atoms with Gasteiger partial charge in [0, 0.05) is 5.56 Å². The molecular weight excluding hydrogens is 216 g/mol. The van der Waals surface area contributed by atoms with Crippen LogP contribution in [0.2, 0.25) is 0 Å². The number of hydrogen-bond donors (Lipinski definition) is 2. The van der Waals surface area contributed by atoms with Crippen molar-refractivity contribution < 1.29 is 19.4 Å². The van der Waals surface area contributed by atoms with Crippen LogP contribution in [-0.2, 0) is 4.79 Å². The van der Waals surface area contributed by atoms with Crippen LogP contribution < -0.4 is 9.47 Å². The van der Waals surface area contributed by atoms with Crippen LogP contribution in [0.15, 0.2) is 18.2 Å². The average molecular weight is 228 g/mol. The second kappa shape index (κ2) is 4.93. The maximum atomic E-state index is 10.8. The lowest BCUT2D eigenvalue weighted by molar-refractivity contribution is -0.136. The quantitative estimate of drug-likeness (QED) is 0.771. The predicted molar refractivity (Wildman–Crippen MR) is 58.9 cm³/mol. The lowest BCUT2D eigenvalue weighted by atomic mass is 10.1. The predicted octanol–water partition coefficient (Wildman–Crippen LogP) is 1.76. The van der Waals surface area contributed by atoms with Crippen molar-refractivity contribution in [3.63, 3.8) is 0 Å². The van der Waals surface area contributed by atoms with Gasteiger partial charge < -0.3 is 14.6 Å². The molecule has 0 saturated heterocycles. The first-order valence-electron chi connectivity index (χ1n) is 4.23. The highest BCUT2D eigenvalue weighted by molar-refractivity contribution is 7.81. The van der Waals surface area contributed by atoms with Crippen LogP contribution in [0.25, 0.3) is 0 Å². The number of aliphatic carboxylic acids is 1. The molecule has 4 nitrogen and oxygen atoms in total. The Kier molecular flexibility index (Phi) is 3.85. The van der Waals surface area contributed by atoms with Gasteiger partial charge in [-0.15, -0.1) is 0 Å². The standard InChI is InChI=1S/C10H12O4S/c1-13-7-5-3-4-6(8(7)14-2)9(15)10(11)12/h3-5,9,15H,1-2H3,(H,11,12). The fraction of sp³-hybridized carbons (Fsp3) is 0.300. The van der Waals surface area contributed by atoms with E-state index in [1.54, 1.807) is 18.2 Å². The van der Waals surface area contributed by atoms with E-state index in [-0.39, 0.29) is 0 Å². The molecule has 1 rings (SSSR count). The summed E-state index contributed by atoms with van der Waals surface area (Å²) in [7, 11) is 2.96. The molecule has 1 aromatic rings. The molecule has 1 atom stereocenters. The summed E-state index contributed by atoms with van der Waals surface area (Å²) in [6.07, 6.45) is 0. The van der Waals surface area contributed by atoms with Crippen molar-refractivity contribution in [3.05, 3.63) is 23.8 Å². The number of benzene rings is 1. The van der Waals surface area contributed by atoms with Gasteiger partial charge in [-0.2, -0.15) is 12.6 Å². The van der Waals surface area contributed by atoms with E-state index in [2.05, 4.69) is 12.6 Å². The molecule has 1 N–H and O–H groups in total. The number of carboxylic acids is 1. The molecule has 0 saturated carbocycles. The summed E-state index contributed by atoms with van der Waals surface area (Å²) < 4.78 is 10.2. The number of thiol groups is 1. The molecule has 0 amide bonds. The number of rotatable bonds is 4. The maximum absolute atomic E-state index is 10.8. The maximum Gasteiger partial charge on any atom is 0.321 e. The third kappa shape index (κ3) is 2.36. The van der Waals surface area contributed by atoms with Gasteiger partial charge in [0.05, 0.1) is 14.2 Å². The first kappa shape index (κ1) is 11.7. The molecule has 1 unspecified atom stereocenters. The third-order valence-corrected chi connectivity index (χ3v) is 2.46. The van der Waals surface area contributed by atoms with E-state index in [0.717, 1.165) is 0 Å². The Bertz CT molecular complexity index is 364. The Morgan fingerprint density at radius 1 is 1.40 bits per heavy atom. The Balaban J connectivity index is 3.22. The summed E-state index contributed by atoms with van der Waals surface area (Å²) in [5, 5.41) is 7.92. The smallest absolute Gasteiger partial charge is 0.321 e. The molecule has 0 heterocycles. The molecule has 0 aliphatic heterocycles. The highest BCUT2D eigenvalue weighted by atomic mass is 32.1. The normalized spacial score (nSPS) is 11.9. The van der Waals surface area contributed by atoms with Gasteiger partial charge in [-0.1, -0.05) is 12.1 Å². The van der Waals surface area contributed by atoms with Crippen LogP contribution in [-0.4, -0.2) is 25.3 Å². The van der Waals surface area contributed by atoms with Gasteiger partial charge in [-0.3, -0.25) is 4.79 Å². The minimum atomic E-state index is -1.02. The summed E-state index contributed by atoms with van der Waals surface area (Å²) in [5.74, 6) is -0.123. The number of hydrogen-bond acceptors (Lipinski definition) is 4. The molecule has 0 radical (unpaired) electrons. The molecule has 0 fully saturated rings. The van der Waals surface area contributed by atoms with Crippen molar-refractivity contribution in [2.45, 2.75) is 5.25 Å². The SMILES string of the molecule is COc1cccc(C(S)C(=O)O)c1OC. The van der Waals surface area contributed by atoms with E-state index in [1.807, 2.05) is 0 Å². The number of carbonyl (C=O) groups is 1.